The summed E-state index contributed by atoms with van der Waals surface area (Å²) in [5, 5.41) is 11.1. The van der Waals surface area contributed by atoms with Gasteiger partial charge in [0.1, 0.15) is 10.7 Å². The van der Waals surface area contributed by atoms with Crippen LogP contribution in [0.1, 0.15) is 15.2 Å². The SMILES string of the molecule is COC(=O)c1sc(-c2cc(F)ccc2[N+](=O)[O-])c(C)c1N. The Morgan fingerprint density at radius 3 is 2.71 bits per heavy atom. The van der Waals surface area contributed by atoms with Gasteiger partial charge in [-0.3, -0.25) is 10.1 Å². The number of carbonyl (C=O) groups is 1. The van der Waals surface area contributed by atoms with Gasteiger partial charge in [0.05, 0.1) is 23.3 Å². The van der Waals surface area contributed by atoms with Crippen molar-refractivity contribution in [2.45, 2.75) is 6.92 Å². The second kappa shape index (κ2) is 5.49. The lowest BCUT2D eigenvalue weighted by atomic mass is 10.1. The highest BCUT2D eigenvalue weighted by atomic mass is 32.1. The molecule has 0 atom stereocenters. The maximum Gasteiger partial charge on any atom is 0.350 e. The molecule has 0 aliphatic carbocycles. The van der Waals surface area contributed by atoms with E-state index in [0.29, 0.717) is 10.4 Å². The Bertz CT molecular complexity index is 742. The molecule has 0 spiro atoms. The van der Waals surface area contributed by atoms with Crippen LogP contribution in [0.25, 0.3) is 10.4 Å². The summed E-state index contributed by atoms with van der Waals surface area (Å²) < 4.78 is 18.0. The van der Waals surface area contributed by atoms with E-state index in [2.05, 4.69) is 4.74 Å². The van der Waals surface area contributed by atoms with Crippen LogP contribution in [-0.4, -0.2) is 18.0 Å². The Morgan fingerprint density at radius 1 is 1.48 bits per heavy atom. The molecule has 21 heavy (non-hydrogen) atoms. The van der Waals surface area contributed by atoms with E-state index in [1.165, 1.54) is 7.11 Å². The van der Waals surface area contributed by atoms with Crippen LogP contribution in [0.5, 0.6) is 0 Å². The number of methoxy groups -OCH3 is 1. The van der Waals surface area contributed by atoms with Crippen molar-refractivity contribution in [3.63, 3.8) is 0 Å². The lowest BCUT2D eigenvalue weighted by molar-refractivity contribution is -0.384. The average Bonchev–Trinajstić information content (AvgIpc) is 2.74. The fourth-order valence-corrected chi connectivity index (χ4v) is 3.05. The third-order valence-corrected chi connectivity index (χ3v) is 4.28. The van der Waals surface area contributed by atoms with Crippen LogP contribution < -0.4 is 5.73 Å². The number of nitrogens with zero attached hydrogens (tertiary/aromatic N) is 1. The number of rotatable bonds is 3. The third kappa shape index (κ3) is 2.57. The summed E-state index contributed by atoms with van der Waals surface area (Å²) >= 11 is 0.942. The number of carbonyl (C=O) groups excluding carboxylic acids is 1. The van der Waals surface area contributed by atoms with Crippen LogP contribution >= 0.6 is 11.3 Å². The van der Waals surface area contributed by atoms with Gasteiger partial charge in [-0.1, -0.05) is 0 Å². The number of hydrogen-bond acceptors (Lipinski definition) is 6. The minimum Gasteiger partial charge on any atom is -0.465 e. The number of hydrogen-bond donors (Lipinski definition) is 1. The largest absolute Gasteiger partial charge is 0.465 e. The standard InChI is InChI=1S/C13H11FN2O4S/c1-6-10(15)12(13(17)20-2)21-11(6)8-5-7(14)3-4-9(8)16(18)19/h3-5H,15H2,1-2H3. The molecule has 0 saturated heterocycles. The molecule has 6 nitrogen and oxygen atoms in total. The Balaban J connectivity index is 2.71. The number of anilines is 1. The Morgan fingerprint density at radius 2 is 2.14 bits per heavy atom. The summed E-state index contributed by atoms with van der Waals surface area (Å²) in [6, 6.07) is 3.14. The zero-order chi connectivity index (χ0) is 15.7. The fourth-order valence-electron chi connectivity index (χ4n) is 1.88. The molecule has 1 aromatic heterocycles. The number of ether oxygens (including phenoxy) is 1. The molecule has 0 aliphatic rings. The van der Waals surface area contributed by atoms with Gasteiger partial charge in [-0.15, -0.1) is 11.3 Å². The van der Waals surface area contributed by atoms with Crippen LogP contribution in [0.2, 0.25) is 0 Å². The zero-order valence-electron chi connectivity index (χ0n) is 11.2. The first-order valence-electron chi connectivity index (χ1n) is 5.78. The molecule has 0 aliphatic heterocycles. The van der Waals surface area contributed by atoms with Gasteiger partial charge in [-0.25, -0.2) is 9.18 Å². The number of esters is 1. The van der Waals surface area contributed by atoms with Gasteiger partial charge in [0.15, 0.2) is 0 Å². The highest BCUT2D eigenvalue weighted by molar-refractivity contribution is 7.18. The number of nitrogen functional groups attached to an aromatic ring is 1. The van der Waals surface area contributed by atoms with E-state index in [4.69, 9.17) is 5.73 Å². The van der Waals surface area contributed by atoms with Crippen LogP contribution in [0, 0.1) is 22.9 Å². The first kappa shape index (κ1) is 14.9. The molecule has 0 fully saturated rings. The van der Waals surface area contributed by atoms with E-state index in [1.807, 2.05) is 0 Å². The van der Waals surface area contributed by atoms with Crippen molar-refractivity contribution >= 4 is 28.7 Å². The molecule has 0 amide bonds. The molecule has 0 bridgehead atoms. The van der Waals surface area contributed by atoms with E-state index in [1.54, 1.807) is 6.92 Å². The first-order valence-corrected chi connectivity index (χ1v) is 6.60. The second-order valence-corrected chi connectivity index (χ2v) is 5.23. The highest BCUT2D eigenvalue weighted by Gasteiger charge is 2.25. The monoisotopic (exact) mass is 310 g/mol. The van der Waals surface area contributed by atoms with Crippen molar-refractivity contribution in [3.8, 4) is 10.4 Å². The molecule has 0 saturated carbocycles. The van der Waals surface area contributed by atoms with E-state index < -0.39 is 16.7 Å². The summed E-state index contributed by atoms with van der Waals surface area (Å²) in [5.74, 6) is -1.24. The smallest absolute Gasteiger partial charge is 0.350 e. The molecule has 2 N–H and O–H groups in total. The number of nitro groups is 1. The maximum absolute atomic E-state index is 13.4. The van der Waals surface area contributed by atoms with Gasteiger partial charge in [0, 0.05) is 10.9 Å². The van der Waals surface area contributed by atoms with E-state index >= 15 is 0 Å². The second-order valence-electron chi connectivity index (χ2n) is 4.21. The molecule has 0 unspecified atom stereocenters. The molecule has 2 aromatic rings. The molecule has 2 rings (SSSR count). The number of nitrogens with two attached hydrogens (primary N) is 1. The fraction of sp³-hybridized carbons (Fsp3) is 0.154. The van der Waals surface area contributed by atoms with Gasteiger partial charge in [0.25, 0.3) is 5.69 Å². The lowest BCUT2D eigenvalue weighted by Crippen LogP contribution is -2.01. The number of thiophene rings is 1. The maximum atomic E-state index is 13.4. The Hall–Kier alpha value is -2.48. The first-order chi connectivity index (χ1) is 9.86. The van der Waals surface area contributed by atoms with Crippen molar-refractivity contribution in [2.75, 3.05) is 12.8 Å². The summed E-state index contributed by atoms with van der Waals surface area (Å²) in [6.07, 6.45) is 0. The van der Waals surface area contributed by atoms with Crippen molar-refractivity contribution in [1.29, 1.82) is 0 Å². The van der Waals surface area contributed by atoms with Crippen molar-refractivity contribution < 1.29 is 18.8 Å². The molecule has 1 aromatic carbocycles. The highest BCUT2D eigenvalue weighted by Crippen LogP contribution is 2.42. The van der Waals surface area contributed by atoms with Gasteiger partial charge < -0.3 is 10.5 Å². The van der Waals surface area contributed by atoms with Crippen molar-refractivity contribution in [1.82, 2.24) is 0 Å². The van der Waals surface area contributed by atoms with Gasteiger partial charge in [0.2, 0.25) is 0 Å². The molecule has 8 heteroatoms. The lowest BCUT2D eigenvalue weighted by Gasteiger charge is -2.02. The third-order valence-electron chi connectivity index (χ3n) is 2.96. The minimum atomic E-state index is -0.633. The average molecular weight is 310 g/mol. The van der Waals surface area contributed by atoms with E-state index in [9.17, 15) is 19.3 Å². The number of nitro benzene ring substituents is 1. The molecule has 0 radical (unpaired) electrons. The Labute approximate surface area is 123 Å². The number of halogens is 1. The molecular formula is C13H11FN2O4S. The Kier molecular flexibility index (Phi) is 3.90. The van der Waals surface area contributed by atoms with Crippen molar-refractivity contribution in [3.05, 3.63) is 44.6 Å². The van der Waals surface area contributed by atoms with Crippen LogP contribution in [0.4, 0.5) is 15.8 Å². The summed E-state index contributed by atoms with van der Waals surface area (Å²) in [6.45, 7) is 1.61. The quantitative estimate of drug-likeness (QED) is 0.534. The topological polar surface area (TPSA) is 95.5 Å². The summed E-state index contributed by atoms with van der Waals surface area (Å²) in [4.78, 5) is 22.6. The van der Waals surface area contributed by atoms with Gasteiger partial charge >= 0.3 is 5.97 Å². The predicted molar refractivity (Wildman–Crippen MR) is 76.9 cm³/mol. The van der Waals surface area contributed by atoms with Crippen molar-refractivity contribution in [2.24, 2.45) is 0 Å². The normalized spacial score (nSPS) is 10.4. The number of benzene rings is 1. The van der Waals surface area contributed by atoms with Crippen LogP contribution in [0.3, 0.4) is 0 Å². The zero-order valence-corrected chi connectivity index (χ0v) is 12.0. The van der Waals surface area contributed by atoms with E-state index in [-0.39, 0.29) is 21.8 Å². The molecular weight excluding hydrogens is 299 g/mol. The van der Waals surface area contributed by atoms with Gasteiger partial charge in [-0.05, 0) is 24.6 Å². The van der Waals surface area contributed by atoms with Crippen LogP contribution in [-0.2, 0) is 4.74 Å². The molecule has 1 heterocycles. The van der Waals surface area contributed by atoms with E-state index in [0.717, 1.165) is 29.5 Å². The van der Waals surface area contributed by atoms with Crippen LogP contribution in [0.15, 0.2) is 18.2 Å². The van der Waals surface area contributed by atoms with Gasteiger partial charge in [-0.2, -0.15) is 0 Å². The molecule has 110 valence electrons. The minimum absolute atomic E-state index is 0.0874. The predicted octanol–water partition coefficient (Wildman–Crippen LogP) is 3.14. The summed E-state index contributed by atoms with van der Waals surface area (Å²) in [5.41, 5.74) is 6.32. The summed E-state index contributed by atoms with van der Waals surface area (Å²) in [7, 11) is 1.21.